The zero-order chi connectivity index (χ0) is 10.9. The Morgan fingerprint density at radius 3 is 2.14 bits per heavy atom. The van der Waals surface area contributed by atoms with Crippen LogP contribution in [0, 0.1) is 0 Å². The summed E-state index contributed by atoms with van der Waals surface area (Å²) in [5.41, 5.74) is -2.73. The average Bonchev–Trinajstić information content (AvgIpc) is 2.01. The lowest BCUT2D eigenvalue weighted by Crippen LogP contribution is -2.11. The molecule has 78 valence electrons. The van der Waals surface area contributed by atoms with E-state index in [1.807, 2.05) is 0 Å². The first kappa shape index (κ1) is 11.2. The summed E-state index contributed by atoms with van der Waals surface area (Å²) < 4.78 is 61.0. The molecule has 0 N–H and O–H groups in total. The van der Waals surface area contributed by atoms with Crippen molar-refractivity contribution in [3.63, 3.8) is 0 Å². The summed E-state index contributed by atoms with van der Waals surface area (Å²) in [4.78, 5) is 3.17. The van der Waals surface area contributed by atoms with Crippen LogP contribution in [0.5, 0.6) is 0 Å². The molecule has 0 amide bonds. The molecule has 0 fully saturated rings. The van der Waals surface area contributed by atoms with Crippen LogP contribution in [0.4, 0.5) is 22.0 Å². The van der Waals surface area contributed by atoms with Crippen molar-refractivity contribution in [1.82, 2.24) is 4.98 Å². The monoisotopic (exact) mass is 231 g/mol. The third-order valence-corrected chi connectivity index (χ3v) is 1.73. The molecule has 0 saturated heterocycles. The number of aromatic nitrogens is 1. The standard InChI is InChI=1S/C7H3ClF5N/c8-4-2-14-1-3(6(9)10)5(4)7(11,12)13/h1-2,6H. The van der Waals surface area contributed by atoms with Crippen molar-refractivity contribution < 1.29 is 22.0 Å². The van der Waals surface area contributed by atoms with Gasteiger partial charge in [0, 0.05) is 18.0 Å². The molecular formula is C7H3ClF5N. The van der Waals surface area contributed by atoms with Crippen LogP contribution in [0.2, 0.25) is 5.02 Å². The lowest BCUT2D eigenvalue weighted by Gasteiger charge is -2.12. The zero-order valence-electron chi connectivity index (χ0n) is 6.45. The van der Waals surface area contributed by atoms with Crippen molar-refractivity contribution in [2.24, 2.45) is 0 Å². The van der Waals surface area contributed by atoms with E-state index < -0.39 is 28.8 Å². The molecule has 1 rings (SSSR count). The van der Waals surface area contributed by atoms with E-state index >= 15 is 0 Å². The van der Waals surface area contributed by atoms with Gasteiger partial charge in [-0.25, -0.2) is 8.78 Å². The van der Waals surface area contributed by atoms with Gasteiger partial charge in [-0.3, -0.25) is 4.98 Å². The third kappa shape index (κ3) is 2.12. The van der Waals surface area contributed by atoms with Crippen LogP contribution < -0.4 is 0 Å². The first-order valence-corrected chi connectivity index (χ1v) is 3.70. The van der Waals surface area contributed by atoms with E-state index in [9.17, 15) is 22.0 Å². The van der Waals surface area contributed by atoms with Crippen molar-refractivity contribution in [1.29, 1.82) is 0 Å². The Kier molecular flexibility index (Phi) is 2.94. The second-order valence-corrected chi connectivity index (χ2v) is 2.79. The van der Waals surface area contributed by atoms with Gasteiger partial charge in [-0.2, -0.15) is 13.2 Å². The maximum Gasteiger partial charge on any atom is 0.418 e. The van der Waals surface area contributed by atoms with Crippen LogP contribution in [0.15, 0.2) is 12.4 Å². The molecular weight excluding hydrogens is 229 g/mol. The summed E-state index contributed by atoms with van der Waals surface area (Å²) in [5.74, 6) is 0. The number of hydrogen-bond acceptors (Lipinski definition) is 1. The fourth-order valence-corrected chi connectivity index (χ4v) is 1.19. The Balaban J connectivity index is 3.38. The summed E-state index contributed by atoms with van der Waals surface area (Å²) in [6.07, 6.45) is -7.01. The maximum atomic E-state index is 12.2. The topological polar surface area (TPSA) is 12.9 Å². The summed E-state index contributed by atoms with van der Waals surface area (Å²) in [6, 6.07) is 0. The second-order valence-electron chi connectivity index (χ2n) is 2.38. The lowest BCUT2D eigenvalue weighted by molar-refractivity contribution is -0.139. The zero-order valence-corrected chi connectivity index (χ0v) is 7.20. The van der Waals surface area contributed by atoms with Gasteiger partial charge in [-0.15, -0.1) is 0 Å². The van der Waals surface area contributed by atoms with Gasteiger partial charge in [-0.1, -0.05) is 11.6 Å². The molecule has 0 radical (unpaired) electrons. The summed E-state index contributed by atoms with van der Waals surface area (Å²) >= 11 is 5.14. The van der Waals surface area contributed by atoms with Gasteiger partial charge < -0.3 is 0 Å². The molecule has 0 unspecified atom stereocenters. The smallest absolute Gasteiger partial charge is 0.263 e. The minimum atomic E-state index is -4.90. The Hall–Kier alpha value is -0.910. The van der Waals surface area contributed by atoms with Crippen LogP contribution in [0.25, 0.3) is 0 Å². The third-order valence-electron chi connectivity index (χ3n) is 1.45. The van der Waals surface area contributed by atoms with Crippen LogP contribution in [0.1, 0.15) is 17.6 Å². The molecule has 14 heavy (non-hydrogen) atoms. The number of pyridine rings is 1. The molecule has 0 aliphatic heterocycles. The van der Waals surface area contributed by atoms with Crippen LogP contribution in [-0.2, 0) is 6.18 Å². The number of halogens is 6. The minimum absolute atomic E-state index is 0.458. The summed E-state index contributed by atoms with van der Waals surface area (Å²) in [5, 5.41) is -0.824. The van der Waals surface area contributed by atoms with Crippen LogP contribution >= 0.6 is 11.6 Å². The normalized spacial score (nSPS) is 12.2. The average molecular weight is 232 g/mol. The van der Waals surface area contributed by atoms with Crippen molar-refractivity contribution >= 4 is 11.6 Å². The Morgan fingerprint density at radius 1 is 1.21 bits per heavy atom. The molecule has 1 aromatic rings. The molecule has 0 bridgehead atoms. The highest BCUT2D eigenvalue weighted by Gasteiger charge is 2.38. The van der Waals surface area contributed by atoms with Crippen molar-refractivity contribution in [3.05, 3.63) is 28.5 Å². The van der Waals surface area contributed by atoms with E-state index in [2.05, 4.69) is 4.98 Å². The SMILES string of the molecule is FC(F)c1cncc(Cl)c1C(F)(F)F. The van der Waals surface area contributed by atoms with Gasteiger partial charge in [0.25, 0.3) is 6.43 Å². The van der Waals surface area contributed by atoms with Crippen molar-refractivity contribution in [2.45, 2.75) is 12.6 Å². The predicted molar refractivity (Wildman–Crippen MR) is 39.2 cm³/mol. The number of nitrogens with zero attached hydrogens (tertiary/aromatic N) is 1. The fourth-order valence-electron chi connectivity index (χ4n) is 0.915. The van der Waals surface area contributed by atoms with E-state index in [0.717, 1.165) is 0 Å². The van der Waals surface area contributed by atoms with Crippen molar-refractivity contribution in [2.75, 3.05) is 0 Å². The number of alkyl halides is 5. The second kappa shape index (κ2) is 3.68. The minimum Gasteiger partial charge on any atom is -0.263 e. The molecule has 7 heteroatoms. The first-order chi connectivity index (χ1) is 6.34. The highest BCUT2D eigenvalue weighted by molar-refractivity contribution is 6.31. The fraction of sp³-hybridized carbons (Fsp3) is 0.286. The first-order valence-electron chi connectivity index (χ1n) is 3.32. The van der Waals surface area contributed by atoms with Gasteiger partial charge in [-0.05, 0) is 0 Å². The van der Waals surface area contributed by atoms with E-state index in [1.165, 1.54) is 0 Å². The largest absolute Gasteiger partial charge is 0.418 e. The van der Waals surface area contributed by atoms with Crippen LogP contribution in [-0.4, -0.2) is 4.98 Å². The Morgan fingerprint density at radius 2 is 1.79 bits per heavy atom. The molecule has 0 spiro atoms. The van der Waals surface area contributed by atoms with E-state index in [1.54, 1.807) is 0 Å². The molecule has 0 aliphatic carbocycles. The van der Waals surface area contributed by atoms with E-state index in [0.29, 0.717) is 12.4 Å². The van der Waals surface area contributed by atoms with Gasteiger partial charge in [0.05, 0.1) is 10.6 Å². The molecule has 0 aliphatic rings. The Labute approximate surface area is 80.5 Å². The van der Waals surface area contributed by atoms with Gasteiger partial charge in [0.2, 0.25) is 0 Å². The highest BCUT2D eigenvalue weighted by Crippen LogP contribution is 2.39. The molecule has 1 nitrogen and oxygen atoms in total. The van der Waals surface area contributed by atoms with Gasteiger partial charge in [0.1, 0.15) is 0 Å². The molecule has 1 heterocycles. The number of hydrogen-bond donors (Lipinski definition) is 0. The van der Waals surface area contributed by atoms with E-state index in [-0.39, 0.29) is 0 Å². The quantitative estimate of drug-likeness (QED) is 0.672. The van der Waals surface area contributed by atoms with Gasteiger partial charge in [0.15, 0.2) is 0 Å². The predicted octanol–water partition coefficient (Wildman–Crippen LogP) is 3.69. The molecule has 0 saturated carbocycles. The number of rotatable bonds is 1. The van der Waals surface area contributed by atoms with E-state index in [4.69, 9.17) is 11.6 Å². The maximum absolute atomic E-state index is 12.2. The highest BCUT2D eigenvalue weighted by atomic mass is 35.5. The summed E-state index contributed by atoms with van der Waals surface area (Å²) in [7, 11) is 0. The molecule has 1 aromatic heterocycles. The van der Waals surface area contributed by atoms with Crippen LogP contribution in [0.3, 0.4) is 0 Å². The van der Waals surface area contributed by atoms with Gasteiger partial charge >= 0.3 is 6.18 Å². The van der Waals surface area contributed by atoms with Crippen molar-refractivity contribution in [3.8, 4) is 0 Å². The molecule has 0 atom stereocenters. The lowest BCUT2D eigenvalue weighted by atomic mass is 10.1. The molecule has 0 aromatic carbocycles. The Bertz CT molecular complexity index is 335. The summed E-state index contributed by atoms with van der Waals surface area (Å²) in [6.45, 7) is 0.